The molecule has 2 heterocycles. The first-order chi connectivity index (χ1) is 26.9. The van der Waals surface area contributed by atoms with Crippen molar-refractivity contribution in [3.63, 3.8) is 0 Å². The van der Waals surface area contributed by atoms with Crippen molar-refractivity contribution in [2.45, 2.75) is 130 Å². The highest BCUT2D eigenvalue weighted by Gasteiger charge is 2.43. The molecule has 1 aromatic carbocycles. The SMILES string of the molecule is CO[C@H]([C@@H](C)C(=O)N[C@H](C)[C@@H](O)c1ccccc1)[C@@H]1CCCN1C(=O)C[C@@H](OC)C(C(C)C)N(C)C(=O)[C@@H](NC(=O)C(C(C)C)N(C)Cc1ccncc1)C(C)C. The molecular weight excluding hydrogens is 725 g/mol. The van der Waals surface area contributed by atoms with E-state index >= 15 is 0 Å². The quantitative estimate of drug-likeness (QED) is 0.167. The molecule has 0 bridgehead atoms. The van der Waals surface area contributed by atoms with Crippen molar-refractivity contribution < 1.29 is 33.8 Å². The third-order valence-corrected chi connectivity index (χ3v) is 11.5. The van der Waals surface area contributed by atoms with E-state index in [1.54, 1.807) is 57.3 Å². The Morgan fingerprint density at radius 1 is 0.860 bits per heavy atom. The summed E-state index contributed by atoms with van der Waals surface area (Å²) < 4.78 is 11.9. The number of aliphatic hydroxyl groups excluding tert-OH is 1. The Labute approximate surface area is 341 Å². The average molecular weight is 795 g/mol. The van der Waals surface area contributed by atoms with E-state index in [1.165, 1.54) is 0 Å². The summed E-state index contributed by atoms with van der Waals surface area (Å²) in [5.74, 6) is -1.83. The van der Waals surface area contributed by atoms with Gasteiger partial charge >= 0.3 is 0 Å². The lowest BCUT2D eigenvalue weighted by Crippen LogP contribution is -2.59. The van der Waals surface area contributed by atoms with Gasteiger partial charge < -0.3 is 35.0 Å². The number of amides is 4. The third kappa shape index (κ3) is 12.5. The van der Waals surface area contributed by atoms with E-state index in [4.69, 9.17) is 9.47 Å². The third-order valence-electron chi connectivity index (χ3n) is 11.5. The molecule has 4 amide bonds. The van der Waals surface area contributed by atoms with Gasteiger partial charge in [-0.3, -0.25) is 29.1 Å². The first-order valence-electron chi connectivity index (χ1n) is 20.5. The maximum atomic E-state index is 14.4. The molecule has 0 aliphatic carbocycles. The van der Waals surface area contributed by atoms with Gasteiger partial charge in [-0.1, -0.05) is 78.8 Å². The highest BCUT2D eigenvalue weighted by atomic mass is 16.5. The van der Waals surface area contributed by atoms with Gasteiger partial charge in [-0.15, -0.1) is 0 Å². The number of aliphatic hydroxyl groups is 1. The molecule has 2 unspecified atom stereocenters. The van der Waals surface area contributed by atoms with Crippen molar-refractivity contribution in [2.75, 3.05) is 34.9 Å². The van der Waals surface area contributed by atoms with E-state index < -0.39 is 48.4 Å². The molecular formula is C44H70N6O7. The molecule has 1 saturated heterocycles. The second-order valence-corrected chi connectivity index (χ2v) is 16.8. The summed E-state index contributed by atoms with van der Waals surface area (Å²) in [5.41, 5.74) is 1.74. The van der Waals surface area contributed by atoms with E-state index in [1.807, 2.05) is 96.0 Å². The number of carbonyl (C=O) groups is 4. The van der Waals surface area contributed by atoms with Crippen LogP contribution in [0.4, 0.5) is 0 Å². The van der Waals surface area contributed by atoms with Gasteiger partial charge in [0.15, 0.2) is 0 Å². The average Bonchev–Trinajstić information content (AvgIpc) is 3.66. The van der Waals surface area contributed by atoms with Gasteiger partial charge in [0.2, 0.25) is 23.6 Å². The van der Waals surface area contributed by atoms with E-state index in [0.717, 1.165) is 12.0 Å². The molecule has 0 spiro atoms. The van der Waals surface area contributed by atoms with Crippen molar-refractivity contribution in [3.8, 4) is 0 Å². The van der Waals surface area contributed by atoms with Crippen LogP contribution in [0, 0.1) is 23.7 Å². The molecule has 13 nitrogen and oxygen atoms in total. The molecule has 1 fully saturated rings. The predicted octanol–water partition coefficient (Wildman–Crippen LogP) is 4.45. The van der Waals surface area contributed by atoms with Gasteiger partial charge in [0.1, 0.15) is 6.04 Å². The number of nitrogens with one attached hydrogen (secondary N) is 2. The molecule has 9 atom stereocenters. The fourth-order valence-corrected chi connectivity index (χ4v) is 8.42. The van der Waals surface area contributed by atoms with E-state index in [-0.39, 0.29) is 53.8 Å². The fraction of sp³-hybridized carbons (Fsp3) is 0.659. The topological polar surface area (TPSA) is 154 Å². The van der Waals surface area contributed by atoms with Crippen LogP contribution in [0.25, 0.3) is 0 Å². The number of hydrogen-bond donors (Lipinski definition) is 3. The second-order valence-electron chi connectivity index (χ2n) is 16.8. The standard InChI is InChI=1S/C44H70N6O7/c1-27(2)37(47-43(54)39(29(5)6)48(9)26-32-20-22-45-23-21-32)44(55)49(10)38(28(3)4)35(56-11)25-36(51)50-24-16-19-34(50)41(57-12)30(7)42(53)46-31(8)40(52)33-17-14-13-15-18-33/h13-15,17-18,20-23,27-31,34-35,37-41,52H,16,19,24-26H2,1-12H3,(H,46,53)(H,47,54)/t30-,31-,34+,35-,37+,38?,39?,40-,41-/m1/s1. The summed E-state index contributed by atoms with van der Waals surface area (Å²) in [4.78, 5) is 65.5. The smallest absolute Gasteiger partial charge is 0.245 e. The number of benzene rings is 1. The molecule has 3 rings (SSSR count). The van der Waals surface area contributed by atoms with Gasteiger partial charge in [-0.05, 0) is 67.8 Å². The lowest BCUT2D eigenvalue weighted by atomic mass is 9.91. The number of nitrogens with zero attached hydrogens (tertiary/aromatic N) is 4. The second kappa shape index (κ2) is 22.3. The van der Waals surface area contributed by atoms with Gasteiger partial charge in [-0.2, -0.15) is 0 Å². The van der Waals surface area contributed by atoms with Crippen molar-refractivity contribution in [2.24, 2.45) is 23.7 Å². The fourth-order valence-electron chi connectivity index (χ4n) is 8.42. The van der Waals surface area contributed by atoms with Crippen LogP contribution in [-0.4, -0.2) is 126 Å². The van der Waals surface area contributed by atoms with Crippen molar-refractivity contribution in [1.82, 2.24) is 30.3 Å². The Balaban J connectivity index is 1.74. The lowest BCUT2D eigenvalue weighted by Gasteiger charge is -2.40. The zero-order chi connectivity index (χ0) is 42.6. The van der Waals surface area contributed by atoms with Crippen LogP contribution in [0.2, 0.25) is 0 Å². The molecule has 2 aromatic rings. The Hall–Kier alpha value is -3.91. The number of rotatable bonds is 21. The van der Waals surface area contributed by atoms with Gasteiger partial charge in [0.05, 0.1) is 54.8 Å². The van der Waals surface area contributed by atoms with Gasteiger partial charge in [-0.25, -0.2) is 0 Å². The lowest BCUT2D eigenvalue weighted by molar-refractivity contribution is -0.148. The monoisotopic (exact) mass is 795 g/mol. The molecule has 1 aliphatic heterocycles. The number of pyridine rings is 1. The molecule has 1 aliphatic rings. The molecule has 0 saturated carbocycles. The van der Waals surface area contributed by atoms with E-state index in [0.29, 0.717) is 25.1 Å². The Morgan fingerprint density at radius 3 is 2.04 bits per heavy atom. The molecule has 0 radical (unpaired) electrons. The number of carbonyl (C=O) groups excluding carboxylic acids is 4. The van der Waals surface area contributed by atoms with Crippen LogP contribution in [0.1, 0.15) is 91.9 Å². The van der Waals surface area contributed by atoms with Crippen LogP contribution in [-0.2, 0) is 35.2 Å². The number of hydrogen-bond acceptors (Lipinski definition) is 9. The minimum atomic E-state index is -0.883. The molecule has 3 N–H and O–H groups in total. The summed E-state index contributed by atoms with van der Waals surface area (Å²) in [5, 5.41) is 16.9. The summed E-state index contributed by atoms with van der Waals surface area (Å²) in [6.45, 7) is 16.4. The molecule has 57 heavy (non-hydrogen) atoms. The Kier molecular flexibility index (Phi) is 18.6. The summed E-state index contributed by atoms with van der Waals surface area (Å²) >= 11 is 0. The first-order valence-corrected chi connectivity index (χ1v) is 20.5. The van der Waals surface area contributed by atoms with Crippen molar-refractivity contribution in [1.29, 1.82) is 0 Å². The number of likely N-dealkylation sites (N-methyl/N-ethyl adjacent to an activating group) is 2. The minimum absolute atomic E-state index is 0.0126. The zero-order valence-corrected chi connectivity index (χ0v) is 36.3. The number of ether oxygens (including phenoxy) is 2. The van der Waals surface area contributed by atoms with Crippen LogP contribution < -0.4 is 10.6 Å². The molecule has 13 heteroatoms. The first kappa shape index (κ1) is 47.5. The highest BCUT2D eigenvalue weighted by molar-refractivity contribution is 5.90. The predicted molar refractivity (Wildman–Crippen MR) is 222 cm³/mol. The maximum Gasteiger partial charge on any atom is 0.245 e. The Morgan fingerprint density at radius 2 is 1.49 bits per heavy atom. The number of aromatic nitrogens is 1. The van der Waals surface area contributed by atoms with Gasteiger partial charge in [0.25, 0.3) is 0 Å². The molecule has 318 valence electrons. The highest BCUT2D eigenvalue weighted by Crippen LogP contribution is 2.29. The van der Waals surface area contributed by atoms with E-state index in [9.17, 15) is 24.3 Å². The van der Waals surface area contributed by atoms with Crippen molar-refractivity contribution in [3.05, 3.63) is 66.0 Å². The molecule has 1 aromatic heterocycles. The van der Waals surface area contributed by atoms with Gasteiger partial charge in [0, 0.05) is 46.8 Å². The van der Waals surface area contributed by atoms with Crippen LogP contribution >= 0.6 is 0 Å². The summed E-state index contributed by atoms with van der Waals surface area (Å²) in [7, 11) is 6.73. The zero-order valence-electron chi connectivity index (χ0n) is 36.3. The Bertz CT molecular complexity index is 1560. The summed E-state index contributed by atoms with van der Waals surface area (Å²) in [6.07, 6.45) is 2.77. The normalized spacial score (nSPS) is 18.8. The minimum Gasteiger partial charge on any atom is -0.386 e. The van der Waals surface area contributed by atoms with Crippen LogP contribution in [0.3, 0.4) is 0 Å². The largest absolute Gasteiger partial charge is 0.386 e. The van der Waals surface area contributed by atoms with Crippen molar-refractivity contribution >= 4 is 23.6 Å². The number of methoxy groups -OCH3 is 2. The van der Waals surface area contributed by atoms with E-state index in [2.05, 4.69) is 15.6 Å². The summed E-state index contributed by atoms with van der Waals surface area (Å²) in [6, 6.07) is 10.4. The maximum absolute atomic E-state index is 14.4. The van der Waals surface area contributed by atoms with Crippen LogP contribution in [0.15, 0.2) is 54.9 Å². The number of likely N-dealkylation sites (tertiary alicyclic amines) is 1. The van der Waals surface area contributed by atoms with Crippen LogP contribution in [0.5, 0.6) is 0 Å².